The molecule has 1 heterocycles. The fourth-order valence-corrected chi connectivity index (χ4v) is 2.86. The standard InChI is InChI=1S/C15H17ClN2O2/c1-9-15(16)13(18(2)17-9)8-20-11-4-5-12-10(7-11)3-6-14(12)19/h4-5,7,14,19H,3,6,8H2,1-2H3/t14-/m0/s1. The van der Waals surface area contributed by atoms with E-state index in [9.17, 15) is 5.11 Å². The molecule has 106 valence electrons. The third-order valence-corrected chi connectivity index (χ3v) is 4.29. The Morgan fingerprint density at radius 2 is 2.30 bits per heavy atom. The van der Waals surface area contributed by atoms with Gasteiger partial charge in [0.2, 0.25) is 0 Å². The van der Waals surface area contributed by atoms with Crippen molar-refractivity contribution in [2.75, 3.05) is 0 Å². The minimum atomic E-state index is -0.326. The lowest BCUT2D eigenvalue weighted by Crippen LogP contribution is -2.04. The van der Waals surface area contributed by atoms with E-state index in [2.05, 4.69) is 5.10 Å². The van der Waals surface area contributed by atoms with Crippen molar-refractivity contribution in [1.29, 1.82) is 0 Å². The van der Waals surface area contributed by atoms with Crippen molar-refractivity contribution in [2.45, 2.75) is 32.5 Å². The number of nitrogens with zero attached hydrogens (tertiary/aromatic N) is 2. The van der Waals surface area contributed by atoms with Crippen molar-refractivity contribution in [3.8, 4) is 5.75 Å². The molecule has 4 nitrogen and oxygen atoms in total. The zero-order valence-electron chi connectivity index (χ0n) is 11.6. The highest BCUT2D eigenvalue weighted by atomic mass is 35.5. The molecule has 1 aromatic heterocycles. The van der Waals surface area contributed by atoms with Crippen LogP contribution in [-0.2, 0) is 20.1 Å². The normalized spacial score (nSPS) is 17.3. The molecular formula is C15H17ClN2O2. The van der Waals surface area contributed by atoms with Gasteiger partial charge in [0.15, 0.2) is 0 Å². The fourth-order valence-electron chi connectivity index (χ4n) is 2.65. The summed E-state index contributed by atoms with van der Waals surface area (Å²) in [7, 11) is 1.86. The van der Waals surface area contributed by atoms with Crippen LogP contribution in [0.15, 0.2) is 18.2 Å². The lowest BCUT2D eigenvalue weighted by Gasteiger charge is -2.09. The zero-order valence-corrected chi connectivity index (χ0v) is 12.3. The van der Waals surface area contributed by atoms with Gasteiger partial charge >= 0.3 is 0 Å². The zero-order chi connectivity index (χ0) is 14.3. The summed E-state index contributed by atoms with van der Waals surface area (Å²) < 4.78 is 7.55. The molecule has 0 fully saturated rings. The van der Waals surface area contributed by atoms with Gasteiger partial charge in [0.25, 0.3) is 0 Å². The Balaban J connectivity index is 1.76. The lowest BCUT2D eigenvalue weighted by molar-refractivity contribution is 0.180. The molecule has 0 radical (unpaired) electrons. The van der Waals surface area contributed by atoms with Crippen LogP contribution < -0.4 is 4.74 Å². The van der Waals surface area contributed by atoms with Crippen LogP contribution in [-0.4, -0.2) is 14.9 Å². The third kappa shape index (κ3) is 2.30. The van der Waals surface area contributed by atoms with E-state index in [1.165, 1.54) is 5.56 Å². The lowest BCUT2D eigenvalue weighted by atomic mass is 10.1. The van der Waals surface area contributed by atoms with E-state index >= 15 is 0 Å². The number of hydrogen-bond donors (Lipinski definition) is 1. The Morgan fingerprint density at radius 3 is 3.00 bits per heavy atom. The summed E-state index contributed by atoms with van der Waals surface area (Å²) in [6.45, 7) is 2.26. The second-order valence-electron chi connectivity index (χ2n) is 5.17. The first kappa shape index (κ1) is 13.5. The van der Waals surface area contributed by atoms with Crippen molar-refractivity contribution in [3.05, 3.63) is 45.7 Å². The fraction of sp³-hybridized carbons (Fsp3) is 0.400. The Labute approximate surface area is 122 Å². The van der Waals surface area contributed by atoms with Gasteiger partial charge < -0.3 is 9.84 Å². The van der Waals surface area contributed by atoms with E-state index in [0.29, 0.717) is 11.6 Å². The Morgan fingerprint density at radius 1 is 1.50 bits per heavy atom. The first-order valence-corrected chi connectivity index (χ1v) is 7.05. The number of benzene rings is 1. The molecule has 0 bridgehead atoms. The maximum absolute atomic E-state index is 9.79. The van der Waals surface area contributed by atoms with E-state index < -0.39 is 0 Å². The smallest absolute Gasteiger partial charge is 0.131 e. The topological polar surface area (TPSA) is 47.3 Å². The van der Waals surface area contributed by atoms with Gasteiger partial charge in [0.05, 0.1) is 22.5 Å². The van der Waals surface area contributed by atoms with E-state index in [1.54, 1.807) is 4.68 Å². The van der Waals surface area contributed by atoms with E-state index in [0.717, 1.165) is 35.5 Å². The van der Waals surface area contributed by atoms with Crippen LogP contribution in [0.3, 0.4) is 0 Å². The predicted molar refractivity (Wildman–Crippen MR) is 77.0 cm³/mol. The Bertz CT molecular complexity index is 652. The molecule has 0 saturated carbocycles. The van der Waals surface area contributed by atoms with Crippen LogP contribution in [0.1, 0.15) is 35.0 Å². The molecule has 1 N–H and O–H groups in total. The van der Waals surface area contributed by atoms with Gasteiger partial charge in [-0.25, -0.2) is 0 Å². The number of fused-ring (bicyclic) bond motifs is 1. The van der Waals surface area contributed by atoms with Crippen LogP contribution in [0.5, 0.6) is 5.75 Å². The summed E-state index contributed by atoms with van der Waals surface area (Å²) in [6, 6.07) is 5.84. The van der Waals surface area contributed by atoms with Gasteiger partial charge in [0.1, 0.15) is 12.4 Å². The maximum atomic E-state index is 9.79. The van der Waals surface area contributed by atoms with Crippen molar-refractivity contribution in [1.82, 2.24) is 9.78 Å². The van der Waals surface area contributed by atoms with Crippen molar-refractivity contribution < 1.29 is 9.84 Å². The van der Waals surface area contributed by atoms with Crippen molar-refractivity contribution in [3.63, 3.8) is 0 Å². The molecule has 1 atom stereocenters. The largest absolute Gasteiger partial charge is 0.487 e. The van der Waals surface area contributed by atoms with E-state index in [4.69, 9.17) is 16.3 Å². The van der Waals surface area contributed by atoms with Crippen molar-refractivity contribution >= 4 is 11.6 Å². The average molecular weight is 293 g/mol. The number of rotatable bonds is 3. The van der Waals surface area contributed by atoms with Gasteiger partial charge in [-0.15, -0.1) is 0 Å². The number of hydrogen-bond acceptors (Lipinski definition) is 3. The minimum Gasteiger partial charge on any atom is -0.487 e. The number of aliphatic hydroxyl groups is 1. The number of halogens is 1. The molecule has 2 aromatic rings. The summed E-state index contributed by atoms with van der Waals surface area (Å²) in [4.78, 5) is 0. The molecule has 0 saturated heterocycles. The molecule has 1 aliphatic carbocycles. The van der Waals surface area contributed by atoms with E-state index in [1.807, 2.05) is 32.2 Å². The highest BCUT2D eigenvalue weighted by Crippen LogP contribution is 2.33. The molecule has 20 heavy (non-hydrogen) atoms. The first-order valence-electron chi connectivity index (χ1n) is 6.68. The van der Waals surface area contributed by atoms with Gasteiger partial charge in [0, 0.05) is 7.05 Å². The molecule has 5 heteroatoms. The maximum Gasteiger partial charge on any atom is 0.131 e. The Hall–Kier alpha value is -1.52. The second kappa shape index (κ2) is 5.11. The van der Waals surface area contributed by atoms with Crippen LogP contribution >= 0.6 is 11.6 Å². The number of aryl methyl sites for hydroxylation is 3. The van der Waals surface area contributed by atoms with Crippen molar-refractivity contribution in [2.24, 2.45) is 7.05 Å². The summed E-state index contributed by atoms with van der Waals surface area (Å²) in [5, 5.41) is 14.7. The molecule has 0 unspecified atom stereocenters. The molecule has 0 aliphatic heterocycles. The first-order chi connectivity index (χ1) is 9.56. The van der Waals surface area contributed by atoms with Crippen LogP contribution in [0.2, 0.25) is 5.02 Å². The third-order valence-electron chi connectivity index (χ3n) is 3.80. The predicted octanol–water partition coefficient (Wildman–Crippen LogP) is 2.94. The number of aromatic nitrogens is 2. The summed E-state index contributed by atoms with van der Waals surface area (Å²) in [6.07, 6.45) is 1.37. The monoisotopic (exact) mass is 292 g/mol. The SMILES string of the molecule is Cc1nn(C)c(COc2ccc3c(c2)CC[C@@H]3O)c1Cl. The van der Waals surface area contributed by atoms with Crippen LogP contribution in [0, 0.1) is 6.92 Å². The number of ether oxygens (including phenoxy) is 1. The molecular weight excluding hydrogens is 276 g/mol. The van der Waals surface area contributed by atoms with Gasteiger partial charge in [-0.3, -0.25) is 4.68 Å². The second-order valence-corrected chi connectivity index (χ2v) is 5.55. The van der Waals surface area contributed by atoms with Crippen LogP contribution in [0.25, 0.3) is 0 Å². The molecule has 0 amide bonds. The van der Waals surface area contributed by atoms with Gasteiger partial charge in [-0.2, -0.15) is 5.10 Å². The number of aliphatic hydroxyl groups excluding tert-OH is 1. The van der Waals surface area contributed by atoms with E-state index in [-0.39, 0.29) is 6.10 Å². The molecule has 1 aliphatic rings. The average Bonchev–Trinajstić information content (AvgIpc) is 2.90. The minimum absolute atomic E-state index is 0.326. The van der Waals surface area contributed by atoms with Gasteiger partial charge in [-0.05, 0) is 43.0 Å². The van der Waals surface area contributed by atoms with Gasteiger partial charge in [-0.1, -0.05) is 17.7 Å². The summed E-state index contributed by atoms with van der Waals surface area (Å²) in [5.74, 6) is 0.799. The highest BCUT2D eigenvalue weighted by Gasteiger charge is 2.20. The summed E-state index contributed by atoms with van der Waals surface area (Å²) >= 11 is 6.20. The quantitative estimate of drug-likeness (QED) is 0.946. The highest BCUT2D eigenvalue weighted by molar-refractivity contribution is 6.31. The Kier molecular flexibility index (Phi) is 3.44. The molecule has 1 aromatic carbocycles. The van der Waals surface area contributed by atoms with Crippen LogP contribution in [0.4, 0.5) is 0 Å². The summed E-state index contributed by atoms with van der Waals surface area (Å²) in [5.41, 5.74) is 3.86. The molecule has 0 spiro atoms. The molecule has 3 rings (SSSR count).